The molecule has 1 N–H and O–H groups in total. The predicted octanol–water partition coefficient (Wildman–Crippen LogP) is 7.86. The predicted molar refractivity (Wildman–Crippen MR) is 153 cm³/mol. The SMILES string of the molecule is COc1ccc(-c2cn3c(C(=S)Nc4ccc(Cl)cc4)c(-c4ccccc4)c4c3n2CCCC4)cc1. The van der Waals surface area contributed by atoms with Gasteiger partial charge in [-0.2, -0.15) is 0 Å². The normalized spacial score (nSPS) is 12.9. The molecule has 2 aromatic heterocycles. The van der Waals surface area contributed by atoms with Crippen LogP contribution >= 0.6 is 23.8 Å². The number of ether oxygens (including phenoxy) is 1. The summed E-state index contributed by atoms with van der Waals surface area (Å²) in [6, 6.07) is 26.6. The maximum absolute atomic E-state index is 6.12. The summed E-state index contributed by atoms with van der Waals surface area (Å²) in [6.07, 6.45) is 5.53. The van der Waals surface area contributed by atoms with Gasteiger partial charge < -0.3 is 14.6 Å². The summed E-state index contributed by atoms with van der Waals surface area (Å²) < 4.78 is 10.2. The van der Waals surface area contributed by atoms with E-state index < -0.39 is 0 Å². The Balaban J connectivity index is 1.58. The molecule has 0 amide bonds. The molecule has 1 aliphatic rings. The number of rotatable bonds is 5. The molecule has 0 radical (unpaired) electrons. The zero-order valence-corrected chi connectivity index (χ0v) is 21.6. The lowest BCUT2D eigenvalue weighted by Gasteiger charge is -2.12. The van der Waals surface area contributed by atoms with E-state index in [2.05, 4.69) is 62.9 Å². The maximum Gasteiger partial charge on any atom is 0.128 e. The summed E-state index contributed by atoms with van der Waals surface area (Å²) in [5.41, 5.74) is 9.27. The van der Waals surface area contributed by atoms with Crippen LogP contribution in [0.5, 0.6) is 5.75 Å². The number of nitrogens with zero attached hydrogens (tertiary/aromatic N) is 2. The van der Waals surface area contributed by atoms with Gasteiger partial charge in [-0.1, -0.05) is 54.2 Å². The fraction of sp³-hybridized carbons (Fsp3) is 0.167. The Morgan fingerprint density at radius 2 is 1.67 bits per heavy atom. The first-order valence-electron chi connectivity index (χ1n) is 12.2. The molecule has 4 nitrogen and oxygen atoms in total. The van der Waals surface area contributed by atoms with Gasteiger partial charge in [0.1, 0.15) is 16.4 Å². The number of hydrogen-bond acceptors (Lipinski definition) is 2. The summed E-state index contributed by atoms with van der Waals surface area (Å²) >= 11 is 12.2. The van der Waals surface area contributed by atoms with Crippen LogP contribution in [0.15, 0.2) is 85.1 Å². The number of anilines is 1. The van der Waals surface area contributed by atoms with E-state index in [0.29, 0.717) is 10.0 Å². The molecule has 3 aromatic carbocycles. The molecule has 0 fully saturated rings. The number of halogens is 1. The highest BCUT2D eigenvalue weighted by molar-refractivity contribution is 7.81. The second-order valence-corrected chi connectivity index (χ2v) is 9.92. The van der Waals surface area contributed by atoms with Gasteiger partial charge in [-0.3, -0.25) is 4.40 Å². The van der Waals surface area contributed by atoms with Gasteiger partial charge in [0.05, 0.1) is 18.5 Å². The highest BCUT2D eigenvalue weighted by Crippen LogP contribution is 2.40. The summed E-state index contributed by atoms with van der Waals surface area (Å²) in [4.78, 5) is 0.691. The molecule has 0 unspecified atom stereocenters. The third-order valence-corrected chi connectivity index (χ3v) is 7.45. The number of thiocarbonyl (C=S) groups is 1. The minimum Gasteiger partial charge on any atom is -0.497 e. The Morgan fingerprint density at radius 3 is 2.39 bits per heavy atom. The van der Waals surface area contributed by atoms with E-state index in [9.17, 15) is 0 Å². The number of imidazole rings is 1. The van der Waals surface area contributed by atoms with E-state index in [4.69, 9.17) is 28.6 Å². The fourth-order valence-corrected chi connectivity index (χ4v) is 5.68. The maximum atomic E-state index is 6.12. The van der Waals surface area contributed by atoms with Crippen molar-refractivity contribution in [3.63, 3.8) is 0 Å². The second kappa shape index (κ2) is 9.49. The van der Waals surface area contributed by atoms with Crippen molar-refractivity contribution >= 4 is 40.1 Å². The van der Waals surface area contributed by atoms with E-state index >= 15 is 0 Å². The van der Waals surface area contributed by atoms with Crippen molar-refractivity contribution < 1.29 is 4.74 Å². The van der Waals surface area contributed by atoms with Crippen molar-refractivity contribution in [3.05, 3.63) is 101 Å². The zero-order chi connectivity index (χ0) is 24.6. The van der Waals surface area contributed by atoms with Gasteiger partial charge in [0.15, 0.2) is 0 Å². The van der Waals surface area contributed by atoms with Crippen LogP contribution in [0.1, 0.15) is 24.1 Å². The third-order valence-electron chi connectivity index (χ3n) is 6.90. The van der Waals surface area contributed by atoms with Crippen LogP contribution in [-0.4, -0.2) is 21.1 Å². The van der Waals surface area contributed by atoms with Gasteiger partial charge in [-0.15, -0.1) is 0 Å². The standard InChI is InChI=1S/C30H26ClN3OS/c1-35-24-16-10-20(11-17-24)26-19-34-28(29(36)32-23-14-12-22(31)13-15-23)27(21-7-3-2-4-8-21)25-9-5-6-18-33(26)30(25)34/h2-4,7-8,10-17,19H,5-6,9,18H2,1H3,(H,32,36). The summed E-state index contributed by atoms with van der Waals surface area (Å²) in [5, 5.41) is 4.17. The van der Waals surface area contributed by atoms with Crippen molar-refractivity contribution in [2.24, 2.45) is 0 Å². The topological polar surface area (TPSA) is 30.6 Å². The van der Waals surface area contributed by atoms with E-state index in [-0.39, 0.29) is 0 Å². The summed E-state index contributed by atoms with van der Waals surface area (Å²) in [6.45, 7) is 0.972. The van der Waals surface area contributed by atoms with Gasteiger partial charge in [0.25, 0.3) is 0 Å². The lowest BCUT2D eigenvalue weighted by atomic mass is 9.98. The van der Waals surface area contributed by atoms with Crippen molar-refractivity contribution in [2.75, 3.05) is 12.4 Å². The molecular formula is C30H26ClN3OS. The molecule has 6 heteroatoms. The van der Waals surface area contributed by atoms with Gasteiger partial charge in [-0.05, 0) is 78.9 Å². The van der Waals surface area contributed by atoms with Crippen LogP contribution < -0.4 is 10.1 Å². The van der Waals surface area contributed by atoms with Crippen LogP contribution in [0, 0.1) is 0 Å². The van der Waals surface area contributed by atoms with Crippen molar-refractivity contribution in [2.45, 2.75) is 25.8 Å². The molecule has 0 saturated heterocycles. The van der Waals surface area contributed by atoms with Gasteiger partial charge in [0.2, 0.25) is 0 Å². The quantitative estimate of drug-likeness (QED) is 0.244. The molecule has 0 aliphatic carbocycles. The smallest absolute Gasteiger partial charge is 0.128 e. The molecule has 6 rings (SSSR count). The van der Waals surface area contributed by atoms with Crippen LogP contribution in [0.4, 0.5) is 5.69 Å². The van der Waals surface area contributed by atoms with Crippen molar-refractivity contribution in [1.82, 2.24) is 8.97 Å². The highest BCUT2D eigenvalue weighted by Gasteiger charge is 2.28. The number of aromatic nitrogens is 2. The number of methoxy groups -OCH3 is 1. The first-order chi connectivity index (χ1) is 17.6. The van der Waals surface area contributed by atoms with E-state index in [1.807, 2.05) is 36.4 Å². The summed E-state index contributed by atoms with van der Waals surface area (Å²) in [5.74, 6) is 0.855. The van der Waals surface area contributed by atoms with Gasteiger partial charge in [0, 0.05) is 34.6 Å². The molecule has 0 saturated carbocycles. The first-order valence-corrected chi connectivity index (χ1v) is 13.0. The highest BCUT2D eigenvalue weighted by atomic mass is 35.5. The third kappa shape index (κ3) is 3.98. The zero-order valence-electron chi connectivity index (χ0n) is 20.0. The number of aryl methyl sites for hydroxylation is 2. The first kappa shape index (κ1) is 22.9. The number of hydrogen-bond donors (Lipinski definition) is 1. The molecule has 3 heterocycles. The van der Waals surface area contributed by atoms with Crippen LogP contribution in [-0.2, 0) is 13.0 Å². The Kier molecular flexibility index (Phi) is 6.04. The van der Waals surface area contributed by atoms with E-state index in [1.54, 1.807) is 7.11 Å². The second-order valence-electron chi connectivity index (χ2n) is 9.07. The minimum atomic E-state index is 0.691. The Bertz CT molecular complexity index is 1550. The molecule has 0 bridgehead atoms. The molecule has 36 heavy (non-hydrogen) atoms. The number of benzene rings is 3. The van der Waals surface area contributed by atoms with Crippen LogP contribution in [0.2, 0.25) is 5.02 Å². The molecule has 0 atom stereocenters. The Morgan fingerprint density at radius 1 is 0.917 bits per heavy atom. The van der Waals surface area contributed by atoms with Gasteiger partial charge in [-0.25, -0.2) is 0 Å². The minimum absolute atomic E-state index is 0.691. The van der Waals surface area contributed by atoms with Crippen LogP contribution in [0.3, 0.4) is 0 Å². The van der Waals surface area contributed by atoms with E-state index in [1.165, 1.54) is 28.0 Å². The lowest BCUT2D eigenvalue weighted by Crippen LogP contribution is -2.14. The largest absolute Gasteiger partial charge is 0.497 e. The molecule has 180 valence electrons. The van der Waals surface area contributed by atoms with Crippen molar-refractivity contribution in [1.29, 1.82) is 0 Å². The fourth-order valence-electron chi connectivity index (χ4n) is 5.24. The average Bonchev–Trinajstić information content (AvgIpc) is 3.33. The lowest BCUT2D eigenvalue weighted by molar-refractivity contribution is 0.415. The molecule has 1 aliphatic heterocycles. The Hall–Kier alpha value is -3.54. The van der Waals surface area contributed by atoms with Gasteiger partial charge >= 0.3 is 0 Å². The summed E-state index contributed by atoms with van der Waals surface area (Å²) in [7, 11) is 1.70. The molecule has 0 spiro atoms. The monoisotopic (exact) mass is 511 g/mol. The van der Waals surface area contributed by atoms with Crippen LogP contribution in [0.25, 0.3) is 28.0 Å². The Labute approximate surface area is 221 Å². The average molecular weight is 512 g/mol. The van der Waals surface area contributed by atoms with Crippen molar-refractivity contribution in [3.8, 4) is 28.1 Å². The molecule has 5 aromatic rings. The van der Waals surface area contributed by atoms with E-state index in [0.717, 1.165) is 48.5 Å². The molecular weight excluding hydrogens is 486 g/mol. The number of nitrogens with one attached hydrogen (secondary N) is 1.